The lowest BCUT2D eigenvalue weighted by Gasteiger charge is -2.23. The molecule has 0 amide bonds. The first-order valence-corrected chi connectivity index (χ1v) is 10.1. The van der Waals surface area contributed by atoms with E-state index in [1.54, 1.807) is 13.4 Å². The van der Waals surface area contributed by atoms with Crippen molar-refractivity contribution in [3.05, 3.63) is 24.2 Å². The van der Waals surface area contributed by atoms with Gasteiger partial charge in [-0.05, 0) is 56.8 Å². The molecule has 0 radical (unpaired) electrons. The maximum absolute atomic E-state index is 5.43. The minimum atomic E-state index is 0. The van der Waals surface area contributed by atoms with Gasteiger partial charge < -0.3 is 19.8 Å². The van der Waals surface area contributed by atoms with Crippen LogP contribution >= 0.6 is 24.0 Å². The van der Waals surface area contributed by atoms with Crippen LogP contribution in [0.5, 0.6) is 0 Å². The van der Waals surface area contributed by atoms with Crippen molar-refractivity contribution < 1.29 is 9.15 Å². The summed E-state index contributed by atoms with van der Waals surface area (Å²) >= 11 is 0. The minimum absolute atomic E-state index is 0. The van der Waals surface area contributed by atoms with Gasteiger partial charge in [0.25, 0.3) is 0 Å². The van der Waals surface area contributed by atoms with E-state index in [2.05, 4.69) is 22.5 Å². The van der Waals surface area contributed by atoms with Gasteiger partial charge in [-0.15, -0.1) is 24.0 Å². The molecule has 0 spiro atoms. The van der Waals surface area contributed by atoms with Crippen molar-refractivity contribution in [3.63, 3.8) is 0 Å². The highest BCUT2D eigenvalue weighted by Gasteiger charge is 2.32. The molecule has 6 nitrogen and oxygen atoms in total. The number of furan rings is 1. The highest BCUT2D eigenvalue weighted by atomic mass is 127. The van der Waals surface area contributed by atoms with Crippen molar-refractivity contribution in [2.75, 3.05) is 39.9 Å². The maximum Gasteiger partial charge on any atom is 0.191 e. The lowest BCUT2D eigenvalue weighted by Crippen LogP contribution is -2.47. The summed E-state index contributed by atoms with van der Waals surface area (Å²) in [7, 11) is 1.77. The Bertz CT molecular complexity index is 548. The normalized spacial score (nSPS) is 21.7. The molecule has 2 atom stereocenters. The number of methoxy groups -OCH3 is 1. The van der Waals surface area contributed by atoms with Crippen LogP contribution in [0.2, 0.25) is 0 Å². The summed E-state index contributed by atoms with van der Waals surface area (Å²) in [5, 5.41) is 7.11. The molecule has 1 saturated carbocycles. The number of aliphatic imine (C=N–C) groups is 1. The standard InChI is InChI=1S/C20H34N4O2.HI/c1-3-24-12-4-6-17(24)14-22-20(21-11-10-18-7-5-13-26-18)23-19(15-25-2)16-8-9-16;/h5,7,13,16-17,19H,3-4,6,8-12,14-15H2,1-2H3,(H2,21,22,23);1H. The smallest absolute Gasteiger partial charge is 0.191 e. The Morgan fingerprint density at radius 2 is 2.26 bits per heavy atom. The quantitative estimate of drug-likeness (QED) is 0.300. The molecule has 3 rings (SSSR count). The third kappa shape index (κ3) is 7.27. The molecule has 1 saturated heterocycles. The zero-order chi connectivity index (χ0) is 18.2. The summed E-state index contributed by atoms with van der Waals surface area (Å²) in [5.74, 6) is 2.62. The van der Waals surface area contributed by atoms with E-state index in [1.807, 2.05) is 12.1 Å². The van der Waals surface area contributed by atoms with Crippen LogP contribution < -0.4 is 10.6 Å². The van der Waals surface area contributed by atoms with Crippen molar-refractivity contribution in [1.29, 1.82) is 0 Å². The summed E-state index contributed by atoms with van der Waals surface area (Å²) in [5.41, 5.74) is 0. The molecule has 0 aromatic carbocycles. The van der Waals surface area contributed by atoms with E-state index in [0.29, 0.717) is 18.0 Å². The molecule has 154 valence electrons. The molecular formula is C20H35IN4O2. The number of likely N-dealkylation sites (N-methyl/N-ethyl adjacent to an activating group) is 1. The van der Waals surface area contributed by atoms with Crippen molar-refractivity contribution in [1.82, 2.24) is 15.5 Å². The van der Waals surface area contributed by atoms with Crippen LogP contribution in [0.3, 0.4) is 0 Å². The van der Waals surface area contributed by atoms with Crippen molar-refractivity contribution in [3.8, 4) is 0 Å². The summed E-state index contributed by atoms with van der Waals surface area (Å²) in [6, 6.07) is 4.87. The van der Waals surface area contributed by atoms with Crippen LogP contribution in [0.4, 0.5) is 0 Å². The second kappa shape index (κ2) is 11.9. The Labute approximate surface area is 180 Å². The van der Waals surface area contributed by atoms with Crippen LogP contribution in [-0.2, 0) is 11.2 Å². The predicted molar refractivity (Wildman–Crippen MR) is 120 cm³/mol. The number of nitrogens with one attached hydrogen (secondary N) is 2. The van der Waals surface area contributed by atoms with Gasteiger partial charge in [-0.1, -0.05) is 6.92 Å². The monoisotopic (exact) mass is 490 g/mol. The van der Waals surface area contributed by atoms with E-state index in [1.165, 1.54) is 32.2 Å². The van der Waals surface area contributed by atoms with Gasteiger partial charge in [0.1, 0.15) is 5.76 Å². The molecule has 1 aliphatic heterocycles. The molecule has 2 unspecified atom stereocenters. The highest BCUT2D eigenvalue weighted by molar-refractivity contribution is 14.0. The number of likely N-dealkylation sites (tertiary alicyclic amines) is 1. The van der Waals surface area contributed by atoms with Gasteiger partial charge in [-0.25, -0.2) is 0 Å². The Balaban J connectivity index is 0.00000261. The molecule has 2 aliphatic rings. The fraction of sp³-hybridized carbons (Fsp3) is 0.750. The molecule has 2 fully saturated rings. The van der Waals surface area contributed by atoms with Gasteiger partial charge in [0.2, 0.25) is 0 Å². The van der Waals surface area contributed by atoms with E-state index in [9.17, 15) is 0 Å². The number of nitrogens with zero attached hydrogens (tertiary/aromatic N) is 2. The zero-order valence-electron chi connectivity index (χ0n) is 16.7. The molecule has 27 heavy (non-hydrogen) atoms. The lowest BCUT2D eigenvalue weighted by molar-refractivity contribution is 0.165. The number of guanidine groups is 1. The number of hydrogen-bond donors (Lipinski definition) is 2. The Kier molecular flexibility index (Phi) is 9.92. The molecule has 1 aromatic rings. The minimum Gasteiger partial charge on any atom is -0.469 e. The molecular weight excluding hydrogens is 455 g/mol. The van der Waals surface area contributed by atoms with E-state index in [-0.39, 0.29) is 24.0 Å². The Hall–Kier alpha value is -0.800. The van der Waals surface area contributed by atoms with E-state index in [4.69, 9.17) is 14.1 Å². The van der Waals surface area contributed by atoms with Crippen LogP contribution in [0.1, 0.15) is 38.4 Å². The maximum atomic E-state index is 5.43. The van der Waals surface area contributed by atoms with E-state index < -0.39 is 0 Å². The topological polar surface area (TPSA) is 62.0 Å². The van der Waals surface area contributed by atoms with Crippen molar-refractivity contribution in [2.45, 2.75) is 51.1 Å². The Morgan fingerprint density at radius 3 is 2.93 bits per heavy atom. The molecule has 1 aliphatic carbocycles. The van der Waals surface area contributed by atoms with Crippen molar-refractivity contribution >= 4 is 29.9 Å². The fourth-order valence-corrected chi connectivity index (χ4v) is 3.78. The third-order valence-corrected chi connectivity index (χ3v) is 5.47. The lowest BCUT2D eigenvalue weighted by atomic mass is 10.2. The molecule has 2 N–H and O–H groups in total. The van der Waals surface area contributed by atoms with Gasteiger partial charge in [0, 0.05) is 26.1 Å². The van der Waals surface area contributed by atoms with Crippen LogP contribution in [0.15, 0.2) is 27.8 Å². The summed E-state index contributed by atoms with van der Waals surface area (Å²) in [6.07, 6.45) is 7.69. The first-order valence-electron chi connectivity index (χ1n) is 10.1. The molecule has 0 bridgehead atoms. The van der Waals surface area contributed by atoms with Gasteiger partial charge in [0.15, 0.2) is 5.96 Å². The van der Waals surface area contributed by atoms with E-state index >= 15 is 0 Å². The first kappa shape index (κ1) is 22.5. The third-order valence-electron chi connectivity index (χ3n) is 5.47. The number of ether oxygens (including phenoxy) is 1. The first-order chi connectivity index (χ1) is 12.8. The number of hydrogen-bond acceptors (Lipinski definition) is 4. The second-order valence-electron chi connectivity index (χ2n) is 7.41. The predicted octanol–water partition coefficient (Wildman–Crippen LogP) is 2.88. The molecule has 7 heteroatoms. The van der Waals surface area contributed by atoms with Gasteiger partial charge in [-0.2, -0.15) is 0 Å². The molecule has 1 aromatic heterocycles. The SMILES string of the molecule is CCN1CCCC1CN=C(NCCc1ccco1)NC(COC)C1CC1.I. The van der Waals surface area contributed by atoms with Gasteiger partial charge >= 0.3 is 0 Å². The summed E-state index contributed by atoms with van der Waals surface area (Å²) in [4.78, 5) is 7.46. The van der Waals surface area contributed by atoms with Crippen LogP contribution in [-0.4, -0.2) is 62.8 Å². The number of halogens is 1. The van der Waals surface area contributed by atoms with Crippen LogP contribution in [0, 0.1) is 5.92 Å². The highest BCUT2D eigenvalue weighted by Crippen LogP contribution is 2.32. The summed E-state index contributed by atoms with van der Waals surface area (Å²) < 4.78 is 10.8. The molecule has 2 heterocycles. The van der Waals surface area contributed by atoms with Crippen LogP contribution in [0.25, 0.3) is 0 Å². The van der Waals surface area contributed by atoms with Gasteiger partial charge in [0.05, 0.1) is 25.5 Å². The summed E-state index contributed by atoms with van der Waals surface area (Å²) in [6.45, 7) is 6.96. The average Bonchev–Trinajstić information content (AvgIpc) is 3.17. The fourth-order valence-electron chi connectivity index (χ4n) is 3.78. The zero-order valence-corrected chi connectivity index (χ0v) is 19.0. The largest absolute Gasteiger partial charge is 0.469 e. The van der Waals surface area contributed by atoms with Gasteiger partial charge in [-0.3, -0.25) is 9.89 Å². The Morgan fingerprint density at radius 1 is 1.41 bits per heavy atom. The van der Waals surface area contributed by atoms with E-state index in [0.717, 1.165) is 44.4 Å². The van der Waals surface area contributed by atoms with Crippen molar-refractivity contribution in [2.24, 2.45) is 10.9 Å². The average molecular weight is 490 g/mol. The second-order valence-corrected chi connectivity index (χ2v) is 7.41. The number of rotatable bonds is 10.